The van der Waals surface area contributed by atoms with Crippen LogP contribution < -0.4 is 5.73 Å². The molecular formula is C14H9BrF3NO. The number of hydrogen-bond acceptors (Lipinski definition) is 2. The number of halogens is 4. The summed E-state index contributed by atoms with van der Waals surface area (Å²) in [5.41, 5.74) is 4.65. The first-order chi connectivity index (χ1) is 9.29. The molecule has 2 rings (SSSR count). The van der Waals surface area contributed by atoms with Crippen molar-refractivity contribution in [2.75, 3.05) is 5.73 Å². The molecule has 2 aromatic rings. The van der Waals surface area contributed by atoms with Gasteiger partial charge in [-0.15, -0.1) is 0 Å². The highest BCUT2D eigenvalue weighted by molar-refractivity contribution is 9.10. The number of alkyl halides is 3. The smallest absolute Gasteiger partial charge is 0.399 e. The van der Waals surface area contributed by atoms with Gasteiger partial charge in [0.2, 0.25) is 0 Å². The molecule has 0 radical (unpaired) electrons. The van der Waals surface area contributed by atoms with Crippen molar-refractivity contribution in [2.24, 2.45) is 0 Å². The molecule has 0 aliphatic rings. The lowest BCUT2D eigenvalue weighted by Crippen LogP contribution is -2.13. The fourth-order valence-corrected chi connectivity index (χ4v) is 2.34. The number of ketones is 1. The Kier molecular flexibility index (Phi) is 3.85. The molecule has 2 N–H and O–H groups in total. The Bertz CT molecular complexity index is 647. The van der Waals surface area contributed by atoms with Crippen molar-refractivity contribution < 1.29 is 18.0 Å². The Labute approximate surface area is 121 Å². The number of anilines is 1. The summed E-state index contributed by atoms with van der Waals surface area (Å²) in [5.74, 6) is -0.717. The van der Waals surface area contributed by atoms with Crippen molar-refractivity contribution >= 4 is 27.4 Å². The Morgan fingerprint density at radius 3 is 2.35 bits per heavy atom. The third-order valence-corrected chi connectivity index (χ3v) is 3.12. The lowest BCUT2D eigenvalue weighted by Gasteiger charge is -2.12. The van der Waals surface area contributed by atoms with Gasteiger partial charge in [0.1, 0.15) is 0 Å². The zero-order chi connectivity index (χ0) is 14.9. The average molecular weight is 344 g/mol. The second-order valence-electron chi connectivity index (χ2n) is 4.15. The molecule has 104 valence electrons. The SMILES string of the molecule is Nc1cc(Br)cc(C(=O)c2ccccc2C(F)(F)F)c1. The lowest BCUT2D eigenvalue weighted by molar-refractivity contribution is -0.137. The molecule has 2 nitrogen and oxygen atoms in total. The Hall–Kier alpha value is -1.82. The number of rotatable bonds is 2. The van der Waals surface area contributed by atoms with E-state index in [1.165, 1.54) is 24.3 Å². The largest absolute Gasteiger partial charge is 0.417 e. The minimum Gasteiger partial charge on any atom is -0.399 e. The van der Waals surface area contributed by atoms with Crippen LogP contribution in [0, 0.1) is 0 Å². The van der Waals surface area contributed by atoms with Crippen LogP contribution in [0.5, 0.6) is 0 Å². The van der Waals surface area contributed by atoms with E-state index in [4.69, 9.17) is 5.73 Å². The second-order valence-corrected chi connectivity index (χ2v) is 5.06. The van der Waals surface area contributed by atoms with Gasteiger partial charge in [-0.05, 0) is 24.3 Å². The number of carbonyl (C=O) groups excluding carboxylic acids is 1. The number of carbonyl (C=O) groups is 1. The Morgan fingerprint density at radius 1 is 1.10 bits per heavy atom. The molecule has 0 atom stereocenters. The molecule has 0 aliphatic carbocycles. The third kappa shape index (κ3) is 3.01. The number of hydrogen-bond donors (Lipinski definition) is 1. The minimum atomic E-state index is -4.58. The highest BCUT2D eigenvalue weighted by atomic mass is 79.9. The Balaban J connectivity index is 2.54. The van der Waals surface area contributed by atoms with Gasteiger partial charge in [-0.25, -0.2) is 0 Å². The van der Waals surface area contributed by atoms with Crippen LogP contribution in [0.15, 0.2) is 46.9 Å². The van der Waals surface area contributed by atoms with Gasteiger partial charge in [-0.1, -0.05) is 34.1 Å². The number of nitrogen functional groups attached to an aromatic ring is 1. The maximum absolute atomic E-state index is 12.9. The molecule has 0 saturated carbocycles. The minimum absolute atomic E-state index is 0.105. The molecular weight excluding hydrogens is 335 g/mol. The summed E-state index contributed by atoms with van der Waals surface area (Å²) < 4.78 is 39.2. The van der Waals surface area contributed by atoms with Crippen LogP contribution in [0.1, 0.15) is 21.5 Å². The fourth-order valence-electron chi connectivity index (χ4n) is 1.83. The standard InChI is InChI=1S/C14H9BrF3NO/c15-9-5-8(6-10(19)7-9)13(20)11-3-1-2-4-12(11)14(16,17)18/h1-7H,19H2. The fraction of sp³-hybridized carbons (Fsp3) is 0.0714. The van der Waals surface area contributed by atoms with E-state index in [0.29, 0.717) is 10.2 Å². The van der Waals surface area contributed by atoms with E-state index in [0.717, 1.165) is 12.1 Å². The van der Waals surface area contributed by atoms with Gasteiger partial charge in [0.15, 0.2) is 5.78 Å². The average Bonchev–Trinajstić information content (AvgIpc) is 2.35. The topological polar surface area (TPSA) is 43.1 Å². The van der Waals surface area contributed by atoms with E-state index >= 15 is 0 Å². The van der Waals surface area contributed by atoms with Gasteiger partial charge in [-0.3, -0.25) is 4.79 Å². The molecule has 0 spiro atoms. The first kappa shape index (κ1) is 14.6. The molecule has 2 aromatic carbocycles. The van der Waals surface area contributed by atoms with Gasteiger partial charge in [-0.2, -0.15) is 13.2 Å². The van der Waals surface area contributed by atoms with Crippen molar-refractivity contribution in [3.63, 3.8) is 0 Å². The zero-order valence-corrected chi connectivity index (χ0v) is 11.6. The molecule has 0 aromatic heterocycles. The molecule has 0 heterocycles. The van der Waals surface area contributed by atoms with E-state index in [1.807, 2.05) is 0 Å². The van der Waals surface area contributed by atoms with Crippen LogP contribution >= 0.6 is 15.9 Å². The first-order valence-electron chi connectivity index (χ1n) is 5.56. The van der Waals surface area contributed by atoms with Crippen LogP contribution in [-0.2, 0) is 6.18 Å². The van der Waals surface area contributed by atoms with E-state index in [9.17, 15) is 18.0 Å². The highest BCUT2D eigenvalue weighted by Gasteiger charge is 2.35. The first-order valence-corrected chi connectivity index (χ1v) is 6.35. The van der Waals surface area contributed by atoms with Gasteiger partial charge in [0.25, 0.3) is 0 Å². The van der Waals surface area contributed by atoms with E-state index in [2.05, 4.69) is 15.9 Å². The highest BCUT2D eigenvalue weighted by Crippen LogP contribution is 2.33. The van der Waals surface area contributed by atoms with Gasteiger partial charge in [0.05, 0.1) is 5.56 Å². The van der Waals surface area contributed by atoms with E-state index < -0.39 is 23.1 Å². The van der Waals surface area contributed by atoms with Crippen molar-refractivity contribution in [2.45, 2.75) is 6.18 Å². The summed E-state index contributed by atoms with van der Waals surface area (Å²) in [7, 11) is 0. The summed E-state index contributed by atoms with van der Waals surface area (Å²) in [6.45, 7) is 0. The maximum Gasteiger partial charge on any atom is 0.417 e. The Morgan fingerprint density at radius 2 is 1.75 bits per heavy atom. The lowest BCUT2D eigenvalue weighted by atomic mass is 9.98. The van der Waals surface area contributed by atoms with Crippen molar-refractivity contribution in [3.05, 3.63) is 63.6 Å². The normalized spacial score (nSPS) is 11.4. The second kappa shape index (κ2) is 5.28. The van der Waals surface area contributed by atoms with Crippen LogP contribution in [-0.4, -0.2) is 5.78 Å². The molecule has 0 saturated heterocycles. The van der Waals surface area contributed by atoms with Crippen LogP contribution in [0.4, 0.5) is 18.9 Å². The summed E-state index contributed by atoms with van der Waals surface area (Å²) in [6, 6.07) is 9.02. The molecule has 0 aliphatic heterocycles. The van der Waals surface area contributed by atoms with Crippen LogP contribution in [0.2, 0.25) is 0 Å². The molecule has 0 fully saturated rings. The van der Waals surface area contributed by atoms with Gasteiger partial charge < -0.3 is 5.73 Å². The van der Waals surface area contributed by atoms with Crippen molar-refractivity contribution in [1.29, 1.82) is 0 Å². The third-order valence-electron chi connectivity index (χ3n) is 2.66. The predicted octanol–water partition coefficient (Wildman–Crippen LogP) is 4.28. The monoisotopic (exact) mass is 343 g/mol. The van der Waals surface area contributed by atoms with Crippen LogP contribution in [0.3, 0.4) is 0 Å². The zero-order valence-electron chi connectivity index (χ0n) is 10.0. The van der Waals surface area contributed by atoms with Gasteiger partial charge >= 0.3 is 6.18 Å². The predicted molar refractivity (Wildman–Crippen MR) is 73.4 cm³/mol. The van der Waals surface area contributed by atoms with Crippen molar-refractivity contribution in [1.82, 2.24) is 0 Å². The molecule has 20 heavy (non-hydrogen) atoms. The van der Waals surface area contributed by atoms with Crippen molar-refractivity contribution in [3.8, 4) is 0 Å². The number of nitrogens with two attached hydrogens (primary N) is 1. The summed E-state index contributed by atoms with van der Waals surface area (Å²) >= 11 is 3.16. The molecule has 0 bridgehead atoms. The summed E-state index contributed by atoms with van der Waals surface area (Å²) in [5, 5.41) is 0. The summed E-state index contributed by atoms with van der Waals surface area (Å²) in [6.07, 6.45) is -4.58. The quantitative estimate of drug-likeness (QED) is 0.653. The van der Waals surface area contributed by atoms with Crippen LogP contribution in [0.25, 0.3) is 0 Å². The number of benzene rings is 2. The molecule has 6 heteroatoms. The molecule has 0 amide bonds. The molecule has 0 unspecified atom stereocenters. The van der Waals surface area contributed by atoms with E-state index in [-0.39, 0.29) is 5.56 Å². The maximum atomic E-state index is 12.9. The summed E-state index contributed by atoms with van der Waals surface area (Å²) in [4.78, 5) is 12.2. The van der Waals surface area contributed by atoms with E-state index in [1.54, 1.807) is 6.07 Å². The van der Waals surface area contributed by atoms with Gasteiger partial charge in [0, 0.05) is 21.3 Å².